The molecule has 0 fully saturated rings. The lowest BCUT2D eigenvalue weighted by atomic mass is 10.2. The maximum Gasteiger partial charge on any atom is 0.161 e. The van der Waals surface area contributed by atoms with E-state index in [2.05, 4.69) is 10.3 Å². The van der Waals surface area contributed by atoms with Crippen molar-refractivity contribution in [2.45, 2.75) is 13.3 Å². The number of benzene rings is 1. The first-order chi connectivity index (χ1) is 7.24. The van der Waals surface area contributed by atoms with E-state index in [1.54, 1.807) is 11.8 Å². The summed E-state index contributed by atoms with van der Waals surface area (Å²) in [6.45, 7) is 2.74. The zero-order valence-corrected chi connectivity index (χ0v) is 9.40. The molecule has 0 bridgehead atoms. The maximum atomic E-state index is 13.1. The van der Waals surface area contributed by atoms with Crippen molar-refractivity contribution in [2.75, 3.05) is 17.6 Å². The Bertz CT molecular complexity index is 370. The van der Waals surface area contributed by atoms with Crippen molar-refractivity contribution in [2.24, 2.45) is 4.99 Å². The van der Waals surface area contributed by atoms with Crippen LogP contribution in [0.15, 0.2) is 23.2 Å². The molecule has 4 heteroatoms. The predicted octanol–water partition coefficient (Wildman–Crippen LogP) is 3.04. The van der Waals surface area contributed by atoms with Gasteiger partial charge in [-0.15, -0.1) is 0 Å². The van der Waals surface area contributed by atoms with Crippen LogP contribution in [0.4, 0.5) is 10.1 Å². The standard InChI is InChI=1S/C11H13FN2S/c1-8-5-9(12)7-10(6-8)14-11-13-3-2-4-15-11/h5-7H,2-4H2,1H3,(H,13,14). The smallest absolute Gasteiger partial charge is 0.161 e. The molecule has 0 aliphatic carbocycles. The van der Waals surface area contributed by atoms with Gasteiger partial charge in [0.1, 0.15) is 5.82 Å². The summed E-state index contributed by atoms with van der Waals surface area (Å²) in [5.41, 5.74) is 1.69. The number of hydrogen-bond donors (Lipinski definition) is 1. The summed E-state index contributed by atoms with van der Waals surface area (Å²) in [5.74, 6) is 0.874. The van der Waals surface area contributed by atoms with E-state index in [1.165, 1.54) is 12.1 Å². The summed E-state index contributed by atoms with van der Waals surface area (Å²) >= 11 is 1.69. The van der Waals surface area contributed by atoms with Gasteiger partial charge in [0.2, 0.25) is 0 Å². The van der Waals surface area contributed by atoms with Crippen LogP contribution in [0.1, 0.15) is 12.0 Å². The Labute approximate surface area is 93.0 Å². The molecule has 15 heavy (non-hydrogen) atoms. The van der Waals surface area contributed by atoms with E-state index in [0.717, 1.165) is 35.1 Å². The van der Waals surface area contributed by atoms with Crippen molar-refractivity contribution in [3.8, 4) is 0 Å². The number of nitrogens with zero attached hydrogens (tertiary/aromatic N) is 1. The monoisotopic (exact) mass is 224 g/mol. The van der Waals surface area contributed by atoms with E-state index in [9.17, 15) is 4.39 Å². The van der Waals surface area contributed by atoms with Crippen LogP contribution < -0.4 is 5.32 Å². The van der Waals surface area contributed by atoms with Crippen LogP contribution >= 0.6 is 11.8 Å². The predicted molar refractivity (Wildman–Crippen MR) is 64.1 cm³/mol. The number of amidine groups is 1. The van der Waals surface area contributed by atoms with Crippen LogP contribution in [0.5, 0.6) is 0 Å². The van der Waals surface area contributed by atoms with Gasteiger partial charge in [-0.3, -0.25) is 4.99 Å². The highest BCUT2D eigenvalue weighted by molar-refractivity contribution is 8.14. The minimum absolute atomic E-state index is 0.209. The number of halogens is 1. The zero-order chi connectivity index (χ0) is 10.7. The molecule has 0 spiro atoms. The van der Waals surface area contributed by atoms with Gasteiger partial charge in [-0.05, 0) is 37.1 Å². The van der Waals surface area contributed by atoms with E-state index < -0.39 is 0 Å². The lowest BCUT2D eigenvalue weighted by Crippen LogP contribution is -2.13. The van der Waals surface area contributed by atoms with Gasteiger partial charge < -0.3 is 5.32 Å². The van der Waals surface area contributed by atoms with Crippen molar-refractivity contribution >= 4 is 22.6 Å². The van der Waals surface area contributed by atoms with Crippen LogP contribution in [-0.2, 0) is 0 Å². The molecule has 2 rings (SSSR count). The van der Waals surface area contributed by atoms with Gasteiger partial charge >= 0.3 is 0 Å². The van der Waals surface area contributed by atoms with Crippen LogP contribution in [0.2, 0.25) is 0 Å². The van der Waals surface area contributed by atoms with Gasteiger partial charge in [0.25, 0.3) is 0 Å². The molecule has 0 saturated heterocycles. The number of anilines is 1. The molecule has 0 amide bonds. The molecule has 1 aliphatic rings. The fourth-order valence-electron chi connectivity index (χ4n) is 1.47. The summed E-state index contributed by atoms with van der Waals surface area (Å²) in [7, 11) is 0. The number of hydrogen-bond acceptors (Lipinski definition) is 3. The molecule has 1 heterocycles. The molecule has 0 aromatic heterocycles. The number of nitrogens with one attached hydrogen (secondary N) is 1. The topological polar surface area (TPSA) is 24.4 Å². The third-order valence-electron chi connectivity index (χ3n) is 2.09. The first-order valence-corrected chi connectivity index (χ1v) is 5.94. The molecule has 1 aliphatic heterocycles. The van der Waals surface area contributed by atoms with Crippen molar-refractivity contribution in [3.05, 3.63) is 29.6 Å². The van der Waals surface area contributed by atoms with Crippen LogP contribution in [0.25, 0.3) is 0 Å². The number of aliphatic imine (C=N–C) groups is 1. The highest BCUT2D eigenvalue weighted by Gasteiger charge is 2.06. The third kappa shape index (κ3) is 2.96. The quantitative estimate of drug-likeness (QED) is 0.793. The fourth-order valence-corrected chi connectivity index (χ4v) is 2.31. The van der Waals surface area contributed by atoms with E-state index in [4.69, 9.17) is 0 Å². The van der Waals surface area contributed by atoms with Crippen LogP contribution in [-0.4, -0.2) is 17.5 Å². The zero-order valence-electron chi connectivity index (χ0n) is 8.59. The lowest BCUT2D eigenvalue weighted by Gasteiger charge is -2.13. The first-order valence-electron chi connectivity index (χ1n) is 4.95. The van der Waals surface area contributed by atoms with Crippen LogP contribution in [0, 0.1) is 12.7 Å². The third-order valence-corrected chi connectivity index (χ3v) is 3.09. The largest absolute Gasteiger partial charge is 0.335 e. The number of aryl methyl sites for hydroxylation is 1. The van der Waals surface area contributed by atoms with Gasteiger partial charge in [0.15, 0.2) is 5.17 Å². The molecule has 1 aromatic rings. The summed E-state index contributed by atoms with van der Waals surface area (Å²) < 4.78 is 13.1. The minimum Gasteiger partial charge on any atom is -0.335 e. The van der Waals surface area contributed by atoms with Gasteiger partial charge in [-0.2, -0.15) is 0 Å². The Morgan fingerprint density at radius 2 is 2.27 bits per heavy atom. The Morgan fingerprint density at radius 1 is 1.40 bits per heavy atom. The fraction of sp³-hybridized carbons (Fsp3) is 0.364. The molecule has 1 aromatic carbocycles. The minimum atomic E-state index is -0.209. The lowest BCUT2D eigenvalue weighted by molar-refractivity contribution is 0.627. The molecule has 2 nitrogen and oxygen atoms in total. The average molecular weight is 224 g/mol. The second-order valence-electron chi connectivity index (χ2n) is 3.53. The molecule has 0 atom stereocenters. The molecule has 0 radical (unpaired) electrons. The van der Waals surface area contributed by atoms with Gasteiger partial charge in [-0.25, -0.2) is 4.39 Å². The van der Waals surface area contributed by atoms with Crippen molar-refractivity contribution in [3.63, 3.8) is 0 Å². The molecule has 0 saturated carbocycles. The van der Waals surface area contributed by atoms with E-state index >= 15 is 0 Å². The van der Waals surface area contributed by atoms with Crippen molar-refractivity contribution in [1.82, 2.24) is 0 Å². The van der Waals surface area contributed by atoms with Gasteiger partial charge in [-0.1, -0.05) is 11.8 Å². The summed E-state index contributed by atoms with van der Waals surface area (Å²) in [4.78, 5) is 4.33. The average Bonchev–Trinajstić information content (AvgIpc) is 2.17. The summed E-state index contributed by atoms with van der Waals surface area (Å²) in [6, 6.07) is 4.92. The maximum absolute atomic E-state index is 13.1. The van der Waals surface area contributed by atoms with Gasteiger partial charge in [0, 0.05) is 18.0 Å². The van der Waals surface area contributed by atoms with E-state index in [0.29, 0.717) is 0 Å². The molecule has 0 unspecified atom stereocenters. The second kappa shape index (κ2) is 4.66. The highest BCUT2D eigenvalue weighted by Crippen LogP contribution is 2.18. The van der Waals surface area contributed by atoms with Gasteiger partial charge in [0.05, 0.1) is 0 Å². The summed E-state index contributed by atoms with van der Waals surface area (Å²) in [6.07, 6.45) is 1.12. The van der Waals surface area contributed by atoms with Crippen molar-refractivity contribution in [1.29, 1.82) is 0 Å². The normalized spacial score (nSPS) is 16.0. The Kier molecular flexibility index (Phi) is 3.26. The SMILES string of the molecule is Cc1cc(F)cc(NC2=NCCCS2)c1. The number of rotatable bonds is 1. The van der Waals surface area contributed by atoms with E-state index in [-0.39, 0.29) is 5.82 Å². The molecule has 80 valence electrons. The molecular weight excluding hydrogens is 211 g/mol. The Morgan fingerprint density at radius 3 is 2.93 bits per heavy atom. The Hall–Kier alpha value is -1.03. The van der Waals surface area contributed by atoms with Crippen LogP contribution in [0.3, 0.4) is 0 Å². The highest BCUT2D eigenvalue weighted by atomic mass is 32.2. The molecular formula is C11H13FN2S. The summed E-state index contributed by atoms with van der Waals surface area (Å²) in [5, 5.41) is 4.03. The number of thioether (sulfide) groups is 1. The van der Waals surface area contributed by atoms with Crippen molar-refractivity contribution < 1.29 is 4.39 Å². The second-order valence-corrected chi connectivity index (χ2v) is 4.61. The Balaban J connectivity index is 2.12. The first kappa shape index (κ1) is 10.5. The van der Waals surface area contributed by atoms with E-state index in [1.807, 2.05) is 13.0 Å². The molecule has 1 N–H and O–H groups in total.